The van der Waals surface area contributed by atoms with Crippen LogP contribution in [0.2, 0.25) is 0 Å². The fourth-order valence-electron chi connectivity index (χ4n) is 5.09. The highest BCUT2D eigenvalue weighted by atomic mass is 35.5. The molecule has 1 fully saturated rings. The van der Waals surface area contributed by atoms with Crippen LogP contribution in [0.25, 0.3) is 10.9 Å². The van der Waals surface area contributed by atoms with Crippen LogP contribution in [0.15, 0.2) is 66.9 Å². The fourth-order valence-corrected chi connectivity index (χ4v) is 6.10. The van der Waals surface area contributed by atoms with E-state index in [1.165, 1.54) is 61.5 Å². The normalized spacial score (nSPS) is 13.5. The number of nitrogens with one attached hydrogen (secondary N) is 2. The van der Waals surface area contributed by atoms with Crippen molar-refractivity contribution >= 4 is 63.4 Å². The van der Waals surface area contributed by atoms with Gasteiger partial charge >= 0.3 is 0 Å². The van der Waals surface area contributed by atoms with Gasteiger partial charge in [0.25, 0.3) is 0 Å². The molecule has 1 aliphatic rings. The van der Waals surface area contributed by atoms with Crippen molar-refractivity contribution in [2.24, 2.45) is 17.1 Å². The monoisotopic (exact) mass is 742 g/mol. The molecule has 10 nitrogen and oxygen atoms in total. The summed E-state index contributed by atoms with van der Waals surface area (Å²) >= 11 is 1.28. The Morgan fingerprint density at radius 3 is 2.22 bits per heavy atom. The second kappa shape index (κ2) is 17.7. The minimum Gasteiger partial charge on any atom is -0.493 e. The van der Waals surface area contributed by atoms with E-state index in [-0.39, 0.29) is 34.9 Å². The number of methoxy groups -OCH3 is 1. The van der Waals surface area contributed by atoms with Crippen molar-refractivity contribution in [3.05, 3.63) is 78.5 Å². The molecule has 2 amide bonds. The van der Waals surface area contributed by atoms with Crippen LogP contribution in [0.1, 0.15) is 46.0 Å². The quantitative estimate of drug-likeness (QED) is 0.0772. The van der Waals surface area contributed by atoms with Crippen LogP contribution >= 0.6 is 24.2 Å². The number of carbonyl (C=O) groups excluding carboxylic acids is 3. The molecule has 3 aromatic carbocycles. The zero-order valence-corrected chi connectivity index (χ0v) is 30.1. The number of hydrogen-bond donors (Lipinski definition) is 3. The summed E-state index contributed by atoms with van der Waals surface area (Å²) in [5, 5.41) is 5.86. The number of hydrogen-bond acceptors (Lipinski definition) is 9. The van der Waals surface area contributed by atoms with Gasteiger partial charge in [-0.15, -0.1) is 12.4 Å². The van der Waals surface area contributed by atoms with E-state index in [0.29, 0.717) is 59.0 Å². The lowest BCUT2D eigenvalue weighted by Gasteiger charge is -2.16. The molecule has 14 heteroatoms. The van der Waals surface area contributed by atoms with Crippen LogP contribution in [-0.4, -0.2) is 47.4 Å². The summed E-state index contributed by atoms with van der Waals surface area (Å²) in [5.74, 6) is -0.222. The molecule has 0 unspecified atom stereocenters. The number of fused-ring (bicyclic) bond motifs is 1. The van der Waals surface area contributed by atoms with Gasteiger partial charge in [-0.2, -0.15) is 0 Å². The van der Waals surface area contributed by atoms with Crippen LogP contribution in [-0.2, 0) is 14.4 Å². The number of anilines is 2. The summed E-state index contributed by atoms with van der Waals surface area (Å²) in [6, 6.07) is 13.8. The smallest absolute Gasteiger partial charge is 0.240 e. The van der Waals surface area contributed by atoms with E-state index < -0.39 is 34.9 Å². The summed E-state index contributed by atoms with van der Waals surface area (Å²) in [4.78, 5) is 42.4. The zero-order chi connectivity index (χ0) is 35.8. The van der Waals surface area contributed by atoms with Crippen molar-refractivity contribution in [1.82, 2.24) is 4.98 Å². The van der Waals surface area contributed by atoms with E-state index in [9.17, 15) is 18.8 Å². The van der Waals surface area contributed by atoms with Crippen molar-refractivity contribution in [2.45, 2.75) is 52.0 Å². The lowest BCUT2D eigenvalue weighted by molar-refractivity contribution is -0.131. The summed E-state index contributed by atoms with van der Waals surface area (Å²) in [6.07, 6.45) is 4.72. The van der Waals surface area contributed by atoms with E-state index >= 15 is 4.39 Å². The van der Waals surface area contributed by atoms with Crippen molar-refractivity contribution in [3.63, 3.8) is 0 Å². The molecule has 1 saturated carbocycles. The van der Waals surface area contributed by atoms with Gasteiger partial charge in [-0.1, -0.05) is 25.6 Å². The standard InChI is InChI=1S/C37H40F2N4O6S.ClH/c1-22(2)33(40)34(44)50-18-6-4-5-17-48-32-21-28-26(20-31(32)47-3)29(13-16-41-28)49-30-12-11-25(19-27(30)39)43-36(46)37(14-15-37)35(45)42-24-9-7-23(38)8-10-24;/h7-13,16,19-22,33H,4-6,14-15,17-18,40H2,1-3H3,(H,42,45)(H,43,46);1H/t33-;/m0./s1. The number of ether oxygens (including phenoxy) is 3. The molecule has 0 spiro atoms. The number of pyridine rings is 1. The number of halogens is 3. The first kappa shape index (κ1) is 39.3. The van der Waals surface area contributed by atoms with Crippen molar-refractivity contribution < 1.29 is 37.4 Å². The molecule has 1 aromatic heterocycles. The molecule has 0 bridgehead atoms. The molecule has 4 aromatic rings. The van der Waals surface area contributed by atoms with Crippen molar-refractivity contribution in [3.8, 4) is 23.0 Å². The molecule has 51 heavy (non-hydrogen) atoms. The van der Waals surface area contributed by atoms with Crippen LogP contribution in [0.5, 0.6) is 23.0 Å². The first-order chi connectivity index (χ1) is 24.0. The first-order valence-electron chi connectivity index (χ1n) is 16.4. The lowest BCUT2D eigenvalue weighted by Crippen LogP contribution is -2.35. The van der Waals surface area contributed by atoms with E-state index in [4.69, 9.17) is 19.9 Å². The Bertz CT molecular complexity index is 1860. The van der Waals surface area contributed by atoms with E-state index in [2.05, 4.69) is 15.6 Å². The Balaban J connectivity index is 0.00000583. The predicted molar refractivity (Wildman–Crippen MR) is 197 cm³/mol. The molecule has 5 rings (SSSR count). The van der Waals surface area contributed by atoms with Gasteiger partial charge in [0, 0.05) is 40.8 Å². The SMILES string of the molecule is COc1cc2c(Oc3ccc(NC(=O)C4(C(=O)Nc5ccc(F)cc5)CC4)cc3F)ccnc2cc1OCCCCCSC(=O)[C@@H](N)C(C)C.Cl. The largest absolute Gasteiger partial charge is 0.493 e. The zero-order valence-electron chi connectivity index (χ0n) is 28.5. The van der Waals surface area contributed by atoms with Crippen LogP contribution in [0.4, 0.5) is 20.2 Å². The van der Waals surface area contributed by atoms with E-state index in [0.717, 1.165) is 25.3 Å². The Kier molecular flexibility index (Phi) is 13.6. The topological polar surface area (TPSA) is 142 Å². The summed E-state index contributed by atoms with van der Waals surface area (Å²) < 4.78 is 46.0. The van der Waals surface area contributed by atoms with Gasteiger partial charge in [0.2, 0.25) is 16.9 Å². The highest BCUT2D eigenvalue weighted by Crippen LogP contribution is 2.47. The fraction of sp³-hybridized carbons (Fsp3) is 0.351. The summed E-state index contributed by atoms with van der Waals surface area (Å²) in [5.41, 5.74) is 5.69. The third-order valence-corrected chi connectivity index (χ3v) is 9.45. The lowest BCUT2D eigenvalue weighted by atomic mass is 10.0. The molecule has 4 N–H and O–H groups in total. The number of nitrogens with zero attached hydrogens (tertiary/aromatic N) is 1. The Hall–Kier alpha value is -4.46. The van der Waals surface area contributed by atoms with Gasteiger partial charge in [0.15, 0.2) is 23.1 Å². The minimum atomic E-state index is -1.29. The molecule has 0 aliphatic heterocycles. The second-order valence-corrected chi connectivity index (χ2v) is 13.5. The molecule has 0 saturated heterocycles. The molecule has 272 valence electrons. The maximum absolute atomic E-state index is 15.3. The summed E-state index contributed by atoms with van der Waals surface area (Å²) in [7, 11) is 1.52. The number of unbranched alkanes of at least 4 members (excludes halogenated alkanes) is 2. The van der Waals surface area contributed by atoms with Crippen molar-refractivity contribution in [2.75, 3.05) is 30.1 Å². The van der Waals surface area contributed by atoms with Gasteiger partial charge in [-0.3, -0.25) is 19.4 Å². The predicted octanol–water partition coefficient (Wildman–Crippen LogP) is 7.89. The van der Waals surface area contributed by atoms with Gasteiger partial charge in [-0.05, 0) is 86.6 Å². The highest BCUT2D eigenvalue weighted by Gasteiger charge is 2.56. The minimum absolute atomic E-state index is 0. The third kappa shape index (κ3) is 9.87. The van der Waals surface area contributed by atoms with Crippen LogP contribution < -0.4 is 30.6 Å². The van der Waals surface area contributed by atoms with Gasteiger partial charge in [0.1, 0.15) is 17.0 Å². The molecule has 1 heterocycles. The molecule has 0 radical (unpaired) electrons. The number of thioether (sulfide) groups is 1. The average molecular weight is 743 g/mol. The number of carbonyl (C=O) groups is 3. The van der Waals surface area contributed by atoms with E-state index in [1.54, 1.807) is 18.2 Å². The van der Waals surface area contributed by atoms with Gasteiger partial charge in [-0.25, -0.2) is 8.78 Å². The Labute approximate surface area is 305 Å². The second-order valence-electron chi connectivity index (χ2n) is 12.4. The highest BCUT2D eigenvalue weighted by molar-refractivity contribution is 8.13. The first-order valence-corrected chi connectivity index (χ1v) is 17.4. The number of benzene rings is 3. The Morgan fingerprint density at radius 2 is 1.57 bits per heavy atom. The van der Waals surface area contributed by atoms with Crippen LogP contribution in [0.3, 0.4) is 0 Å². The number of rotatable bonds is 16. The maximum atomic E-state index is 15.3. The molecular weight excluding hydrogens is 702 g/mol. The van der Waals surface area contributed by atoms with Gasteiger partial charge < -0.3 is 30.6 Å². The third-order valence-electron chi connectivity index (χ3n) is 8.40. The van der Waals surface area contributed by atoms with Crippen LogP contribution in [0, 0.1) is 23.0 Å². The number of nitrogens with two attached hydrogens (primary N) is 1. The Morgan fingerprint density at radius 1 is 0.882 bits per heavy atom. The summed E-state index contributed by atoms with van der Waals surface area (Å²) in [6.45, 7) is 4.31. The molecule has 1 atom stereocenters. The van der Waals surface area contributed by atoms with Gasteiger partial charge in [0.05, 0.1) is 25.3 Å². The number of amides is 2. The molecule has 1 aliphatic carbocycles. The van der Waals surface area contributed by atoms with E-state index in [1.807, 2.05) is 13.8 Å². The number of aromatic nitrogens is 1. The average Bonchev–Trinajstić information content (AvgIpc) is 3.92. The maximum Gasteiger partial charge on any atom is 0.240 e. The molecular formula is C37H41ClF2N4O6S. The van der Waals surface area contributed by atoms with Crippen molar-refractivity contribution in [1.29, 1.82) is 0 Å².